The Morgan fingerprint density at radius 2 is 2.40 bits per heavy atom. The number of hydrogen-bond donors (Lipinski definition) is 0. The fourth-order valence-electron chi connectivity index (χ4n) is 0.691. The smallest absolute Gasteiger partial charge is 0.145 e. The largest absolute Gasteiger partial charge is 0.257 e. The third-order valence-electron chi connectivity index (χ3n) is 1.16. The molecule has 0 bridgehead atoms. The molecule has 1 aromatic rings. The molecule has 0 amide bonds. The summed E-state index contributed by atoms with van der Waals surface area (Å²) in [5.41, 5.74) is 0.461. The molecule has 0 aliphatic heterocycles. The van der Waals surface area contributed by atoms with E-state index in [1.165, 1.54) is 6.07 Å². The Bertz CT molecular complexity index is 225. The van der Waals surface area contributed by atoms with Gasteiger partial charge in [-0.25, -0.2) is 4.39 Å². The number of nitrogens with zero attached hydrogens (tertiary/aromatic N) is 1. The number of alkyl halides is 1. The molecule has 3 heteroatoms. The summed E-state index contributed by atoms with van der Waals surface area (Å²) in [4.78, 5) is 3.84. The lowest BCUT2D eigenvalue weighted by Gasteiger charge is -2.01. The van der Waals surface area contributed by atoms with E-state index in [1.54, 1.807) is 12.3 Å². The lowest BCUT2D eigenvalue weighted by Crippen LogP contribution is -1.92. The molecule has 1 aromatic heterocycles. The summed E-state index contributed by atoms with van der Waals surface area (Å²) < 4.78 is 12.7. The first-order chi connectivity index (χ1) is 4.72. The number of rotatable bonds is 1. The van der Waals surface area contributed by atoms with Crippen LogP contribution in [-0.2, 0) is 0 Å². The van der Waals surface area contributed by atoms with Gasteiger partial charge < -0.3 is 0 Å². The van der Waals surface area contributed by atoms with Gasteiger partial charge in [0.2, 0.25) is 0 Å². The highest BCUT2D eigenvalue weighted by Gasteiger charge is 2.06. The summed E-state index contributed by atoms with van der Waals surface area (Å²) in [5.74, 6) is -0.258. The van der Waals surface area contributed by atoms with Gasteiger partial charge in [-0.05, 0) is 19.1 Å². The van der Waals surface area contributed by atoms with Gasteiger partial charge in [-0.2, -0.15) is 0 Å². The van der Waals surface area contributed by atoms with E-state index < -0.39 is 0 Å². The Kier molecular flexibility index (Phi) is 2.38. The predicted octanol–water partition coefficient (Wildman–Crippen LogP) is 2.68. The molecule has 1 rings (SSSR count). The first-order valence-corrected chi connectivity index (χ1v) is 3.88. The molecule has 1 atom stereocenters. The van der Waals surface area contributed by atoms with Crippen molar-refractivity contribution < 1.29 is 4.39 Å². The zero-order valence-electron chi connectivity index (χ0n) is 5.51. The van der Waals surface area contributed by atoms with Crippen LogP contribution in [0.4, 0.5) is 4.39 Å². The molecule has 0 spiro atoms. The van der Waals surface area contributed by atoms with E-state index in [1.807, 2.05) is 6.92 Å². The van der Waals surface area contributed by atoms with Crippen LogP contribution in [0.15, 0.2) is 18.3 Å². The minimum Gasteiger partial charge on any atom is -0.257 e. The molecule has 0 aliphatic rings. The van der Waals surface area contributed by atoms with Crippen LogP contribution in [0.2, 0.25) is 0 Å². The van der Waals surface area contributed by atoms with Crippen molar-refractivity contribution in [1.82, 2.24) is 4.98 Å². The van der Waals surface area contributed by atoms with Crippen molar-refractivity contribution in [3.63, 3.8) is 0 Å². The van der Waals surface area contributed by atoms with Crippen molar-refractivity contribution in [3.8, 4) is 0 Å². The third kappa shape index (κ3) is 1.53. The number of pyridine rings is 1. The highest BCUT2D eigenvalue weighted by Crippen LogP contribution is 2.20. The topological polar surface area (TPSA) is 12.9 Å². The van der Waals surface area contributed by atoms with Crippen LogP contribution >= 0.6 is 15.9 Å². The number of halogens is 2. The number of hydrogen-bond acceptors (Lipinski definition) is 1. The summed E-state index contributed by atoms with van der Waals surface area (Å²) in [7, 11) is 0. The van der Waals surface area contributed by atoms with Gasteiger partial charge in [0.25, 0.3) is 0 Å². The molecule has 10 heavy (non-hydrogen) atoms. The minimum atomic E-state index is -0.258. The third-order valence-corrected chi connectivity index (χ3v) is 1.60. The Balaban J connectivity index is 3.03. The molecular weight excluding hydrogens is 197 g/mol. The van der Waals surface area contributed by atoms with Gasteiger partial charge in [-0.3, -0.25) is 4.98 Å². The maximum Gasteiger partial charge on any atom is 0.145 e. The fourth-order valence-corrected chi connectivity index (χ4v) is 1.03. The Labute approximate surface area is 67.4 Å². The van der Waals surface area contributed by atoms with Crippen LogP contribution in [-0.4, -0.2) is 4.98 Å². The molecule has 0 N–H and O–H groups in total. The summed E-state index contributed by atoms with van der Waals surface area (Å²) >= 11 is 3.23. The molecule has 0 aliphatic carbocycles. The first kappa shape index (κ1) is 7.66. The molecule has 0 unspecified atom stereocenters. The van der Waals surface area contributed by atoms with Gasteiger partial charge >= 0.3 is 0 Å². The van der Waals surface area contributed by atoms with E-state index >= 15 is 0 Å². The summed E-state index contributed by atoms with van der Waals surface area (Å²) in [6.45, 7) is 1.84. The van der Waals surface area contributed by atoms with E-state index in [0.717, 1.165) is 0 Å². The monoisotopic (exact) mass is 203 g/mol. The second-order valence-electron chi connectivity index (χ2n) is 1.99. The quantitative estimate of drug-likeness (QED) is 0.640. The van der Waals surface area contributed by atoms with Gasteiger partial charge in [-0.15, -0.1) is 0 Å². The van der Waals surface area contributed by atoms with E-state index in [9.17, 15) is 4.39 Å². The van der Waals surface area contributed by atoms with Gasteiger partial charge in [0.1, 0.15) is 5.82 Å². The minimum absolute atomic E-state index is 0.0197. The molecule has 0 aromatic carbocycles. The van der Waals surface area contributed by atoms with E-state index in [2.05, 4.69) is 20.9 Å². The van der Waals surface area contributed by atoms with Gasteiger partial charge in [0.15, 0.2) is 0 Å². The molecule has 0 radical (unpaired) electrons. The zero-order chi connectivity index (χ0) is 7.56. The summed E-state index contributed by atoms with van der Waals surface area (Å²) in [5, 5.41) is 0. The molecule has 54 valence electrons. The number of aromatic nitrogens is 1. The lowest BCUT2D eigenvalue weighted by atomic mass is 10.3. The second kappa shape index (κ2) is 3.10. The van der Waals surface area contributed by atoms with Crippen LogP contribution in [0, 0.1) is 5.82 Å². The maximum absolute atomic E-state index is 12.7. The van der Waals surface area contributed by atoms with Gasteiger partial charge in [-0.1, -0.05) is 15.9 Å². The van der Waals surface area contributed by atoms with Crippen LogP contribution in [0.25, 0.3) is 0 Å². The molecule has 0 saturated carbocycles. The SMILES string of the molecule is C[C@@H](Br)c1ncccc1F. The van der Waals surface area contributed by atoms with Crippen molar-refractivity contribution >= 4 is 15.9 Å². The molecule has 0 saturated heterocycles. The van der Waals surface area contributed by atoms with Crippen LogP contribution in [0.5, 0.6) is 0 Å². The van der Waals surface area contributed by atoms with Crippen molar-refractivity contribution in [2.24, 2.45) is 0 Å². The van der Waals surface area contributed by atoms with E-state index in [-0.39, 0.29) is 10.6 Å². The molecule has 0 fully saturated rings. The average Bonchev–Trinajstić information content (AvgIpc) is 1.88. The molecular formula is C7H7BrFN. The van der Waals surface area contributed by atoms with Gasteiger partial charge in [0, 0.05) is 6.20 Å². The zero-order valence-corrected chi connectivity index (χ0v) is 7.10. The maximum atomic E-state index is 12.7. The first-order valence-electron chi connectivity index (χ1n) is 2.96. The summed E-state index contributed by atoms with van der Waals surface area (Å²) in [6.07, 6.45) is 1.58. The van der Waals surface area contributed by atoms with E-state index in [4.69, 9.17) is 0 Å². The fraction of sp³-hybridized carbons (Fsp3) is 0.286. The summed E-state index contributed by atoms with van der Waals surface area (Å²) in [6, 6.07) is 2.98. The Morgan fingerprint density at radius 3 is 2.80 bits per heavy atom. The Morgan fingerprint density at radius 1 is 1.70 bits per heavy atom. The van der Waals surface area contributed by atoms with Crippen molar-refractivity contribution in [1.29, 1.82) is 0 Å². The van der Waals surface area contributed by atoms with Crippen LogP contribution in [0.1, 0.15) is 17.4 Å². The van der Waals surface area contributed by atoms with Gasteiger partial charge in [0.05, 0.1) is 10.5 Å². The average molecular weight is 204 g/mol. The van der Waals surface area contributed by atoms with Crippen molar-refractivity contribution in [2.45, 2.75) is 11.8 Å². The predicted molar refractivity (Wildman–Crippen MR) is 41.5 cm³/mol. The second-order valence-corrected chi connectivity index (χ2v) is 3.36. The van der Waals surface area contributed by atoms with Crippen LogP contribution in [0.3, 0.4) is 0 Å². The highest BCUT2D eigenvalue weighted by molar-refractivity contribution is 9.09. The van der Waals surface area contributed by atoms with Crippen molar-refractivity contribution in [2.75, 3.05) is 0 Å². The lowest BCUT2D eigenvalue weighted by molar-refractivity contribution is 0.601. The standard InChI is InChI=1S/C7H7BrFN/c1-5(8)7-6(9)3-2-4-10-7/h2-5H,1H3/t5-/m1/s1. The van der Waals surface area contributed by atoms with Crippen LogP contribution < -0.4 is 0 Å². The molecule has 1 nitrogen and oxygen atoms in total. The van der Waals surface area contributed by atoms with Crippen molar-refractivity contribution in [3.05, 3.63) is 29.8 Å². The van der Waals surface area contributed by atoms with E-state index in [0.29, 0.717) is 5.69 Å². The highest BCUT2D eigenvalue weighted by atomic mass is 79.9. The normalized spacial score (nSPS) is 13.1. The molecule has 1 heterocycles. The Hall–Kier alpha value is -0.440.